The highest BCUT2D eigenvalue weighted by Crippen LogP contribution is 2.37. The molecule has 2 atom stereocenters. The van der Waals surface area contributed by atoms with E-state index in [4.69, 9.17) is 26.8 Å². The number of hydrogen-bond acceptors (Lipinski definition) is 5. The molecule has 6 nitrogen and oxygen atoms in total. The number of pyridine rings is 1. The topological polar surface area (TPSA) is 77.7 Å². The number of nitrogens with zero attached hydrogens (tertiary/aromatic N) is 2. The maximum Gasteiger partial charge on any atom is 0.261 e. The van der Waals surface area contributed by atoms with Gasteiger partial charge in [0.2, 0.25) is 5.88 Å². The number of hydrogen-bond donors (Lipinski definition) is 1. The van der Waals surface area contributed by atoms with Crippen LogP contribution in [0.5, 0.6) is 11.6 Å². The number of nitrogens with two attached hydrogens (primary N) is 1. The zero-order valence-corrected chi connectivity index (χ0v) is 15.9. The van der Waals surface area contributed by atoms with E-state index in [0.717, 1.165) is 25.7 Å². The number of fused-ring (bicyclic) bond motifs is 2. The van der Waals surface area contributed by atoms with Gasteiger partial charge in [0.05, 0.1) is 10.7 Å². The van der Waals surface area contributed by atoms with Crippen molar-refractivity contribution in [2.24, 2.45) is 0 Å². The minimum atomic E-state index is -0.288. The summed E-state index contributed by atoms with van der Waals surface area (Å²) in [4.78, 5) is 18.7. The number of halogens is 2. The van der Waals surface area contributed by atoms with Gasteiger partial charge in [-0.05, 0) is 43.2 Å². The summed E-state index contributed by atoms with van der Waals surface area (Å²) >= 11 is 5.82. The van der Waals surface area contributed by atoms with Crippen LogP contribution in [0.15, 0.2) is 36.5 Å². The minimum Gasteiger partial charge on any atom is -0.490 e. The van der Waals surface area contributed by atoms with Gasteiger partial charge in [-0.1, -0.05) is 11.6 Å². The minimum absolute atomic E-state index is 0.0153. The number of amides is 1. The van der Waals surface area contributed by atoms with Crippen LogP contribution in [0.2, 0.25) is 5.02 Å². The molecule has 2 bridgehead atoms. The fraction of sp³-hybridized carbons (Fsp3) is 0.400. The van der Waals surface area contributed by atoms with E-state index in [2.05, 4.69) is 4.98 Å². The number of carbonyl (C=O) groups is 1. The van der Waals surface area contributed by atoms with Gasteiger partial charge >= 0.3 is 0 Å². The summed E-state index contributed by atoms with van der Waals surface area (Å²) in [5.74, 6) is 0.491. The Morgan fingerprint density at radius 3 is 2.57 bits per heavy atom. The van der Waals surface area contributed by atoms with Gasteiger partial charge in [0.25, 0.3) is 5.91 Å². The molecular formula is C20H21ClFN3O3. The van der Waals surface area contributed by atoms with Gasteiger partial charge < -0.3 is 20.1 Å². The van der Waals surface area contributed by atoms with E-state index in [0.29, 0.717) is 16.5 Å². The third kappa shape index (κ3) is 3.99. The van der Waals surface area contributed by atoms with Crippen molar-refractivity contribution >= 4 is 23.2 Å². The Balaban J connectivity index is 1.35. The Hall–Kier alpha value is -2.54. The Kier molecular flexibility index (Phi) is 5.26. The van der Waals surface area contributed by atoms with Gasteiger partial charge in [0, 0.05) is 31.1 Å². The smallest absolute Gasteiger partial charge is 0.261 e. The van der Waals surface area contributed by atoms with Crippen molar-refractivity contribution < 1.29 is 18.7 Å². The number of anilines is 1. The highest BCUT2D eigenvalue weighted by atomic mass is 35.5. The van der Waals surface area contributed by atoms with Crippen LogP contribution in [0.3, 0.4) is 0 Å². The van der Waals surface area contributed by atoms with Crippen LogP contribution in [0.25, 0.3) is 0 Å². The van der Waals surface area contributed by atoms with Crippen molar-refractivity contribution in [3.8, 4) is 11.6 Å². The van der Waals surface area contributed by atoms with E-state index in [1.807, 2.05) is 4.90 Å². The average Bonchev–Trinajstić information content (AvgIpc) is 2.93. The van der Waals surface area contributed by atoms with Gasteiger partial charge in [-0.15, -0.1) is 0 Å². The molecule has 2 aliphatic rings. The summed E-state index contributed by atoms with van der Waals surface area (Å²) in [5, 5.41) is 0.414. The number of benzene rings is 1. The molecule has 2 fully saturated rings. The monoisotopic (exact) mass is 405 g/mol. The first-order chi connectivity index (χ1) is 13.5. The summed E-state index contributed by atoms with van der Waals surface area (Å²) in [6.45, 7) is -0.116. The normalized spacial score (nSPS) is 23.5. The summed E-state index contributed by atoms with van der Waals surface area (Å²) in [6.07, 6.45) is 4.84. The molecule has 2 saturated heterocycles. The van der Waals surface area contributed by atoms with Gasteiger partial charge in [-0.3, -0.25) is 4.79 Å². The van der Waals surface area contributed by atoms with Crippen molar-refractivity contribution in [1.29, 1.82) is 0 Å². The highest BCUT2D eigenvalue weighted by molar-refractivity contribution is 6.30. The number of piperidine rings is 1. The first-order valence-corrected chi connectivity index (χ1v) is 9.64. The SMILES string of the molecule is Nc1cc(Cl)cnc1OCC(=O)N1C2CCC1CC(Oc1ccc(F)cc1)C2. The van der Waals surface area contributed by atoms with Crippen LogP contribution in [0.1, 0.15) is 25.7 Å². The number of nitrogen functional groups attached to an aromatic ring is 1. The van der Waals surface area contributed by atoms with Crippen molar-refractivity contribution in [3.05, 3.63) is 47.4 Å². The fourth-order valence-corrected chi connectivity index (χ4v) is 4.27. The standard InChI is InChI=1S/C20H21ClFN3O3/c21-12-7-18(23)20(24-10-12)27-11-19(26)25-14-3-4-15(25)9-17(8-14)28-16-5-1-13(22)2-6-16/h1-2,5-7,10,14-15,17H,3-4,8-9,11,23H2. The number of rotatable bonds is 5. The summed E-state index contributed by atoms with van der Waals surface area (Å²) in [7, 11) is 0. The lowest BCUT2D eigenvalue weighted by Gasteiger charge is -2.38. The molecule has 2 aromatic rings. The summed E-state index contributed by atoms with van der Waals surface area (Å²) < 4.78 is 24.6. The molecule has 0 saturated carbocycles. The Morgan fingerprint density at radius 2 is 1.93 bits per heavy atom. The molecule has 1 aromatic carbocycles. The average molecular weight is 406 g/mol. The predicted octanol–water partition coefficient (Wildman–Crippen LogP) is 3.44. The zero-order valence-electron chi connectivity index (χ0n) is 15.2. The van der Waals surface area contributed by atoms with Gasteiger partial charge in [-0.2, -0.15) is 0 Å². The van der Waals surface area contributed by atoms with E-state index in [1.54, 1.807) is 12.1 Å². The molecule has 4 rings (SSSR count). The summed E-state index contributed by atoms with van der Waals surface area (Å²) in [6, 6.07) is 7.81. The molecule has 2 N–H and O–H groups in total. The van der Waals surface area contributed by atoms with E-state index in [9.17, 15) is 9.18 Å². The molecule has 8 heteroatoms. The Morgan fingerprint density at radius 1 is 1.25 bits per heavy atom. The number of ether oxygens (including phenoxy) is 2. The molecular weight excluding hydrogens is 385 g/mol. The number of aromatic nitrogens is 1. The Bertz CT molecular complexity index is 850. The van der Waals surface area contributed by atoms with Crippen LogP contribution in [-0.4, -0.2) is 40.6 Å². The first kappa shape index (κ1) is 18.8. The van der Waals surface area contributed by atoms with Crippen LogP contribution in [0.4, 0.5) is 10.1 Å². The van der Waals surface area contributed by atoms with E-state index in [1.165, 1.54) is 24.4 Å². The molecule has 0 radical (unpaired) electrons. The molecule has 2 unspecified atom stereocenters. The maximum absolute atomic E-state index is 13.0. The molecule has 0 spiro atoms. The van der Waals surface area contributed by atoms with Crippen LogP contribution < -0.4 is 15.2 Å². The second kappa shape index (κ2) is 7.83. The van der Waals surface area contributed by atoms with Gasteiger partial charge in [-0.25, -0.2) is 9.37 Å². The Labute approximate surface area is 167 Å². The van der Waals surface area contributed by atoms with Gasteiger partial charge in [0.1, 0.15) is 17.7 Å². The lowest BCUT2D eigenvalue weighted by Crippen LogP contribution is -2.50. The predicted molar refractivity (Wildman–Crippen MR) is 103 cm³/mol. The molecule has 0 aliphatic carbocycles. The lowest BCUT2D eigenvalue weighted by atomic mass is 9.99. The zero-order chi connectivity index (χ0) is 19.7. The highest BCUT2D eigenvalue weighted by Gasteiger charge is 2.44. The third-order valence-corrected chi connectivity index (χ3v) is 5.48. The molecule has 3 heterocycles. The second-order valence-corrected chi connectivity index (χ2v) is 7.62. The van der Waals surface area contributed by atoms with Crippen molar-refractivity contribution in [3.63, 3.8) is 0 Å². The van der Waals surface area contributed by atoms with Crippen molar-refractivity contribution in [2.45, 2.75) is 43.9 Å². The number of carbonyl (C=O) groups excluding carboxylic acids is 1. The van der Waals surface area contributed by atoms with Crippen LogP contribution in [-0.2, 0) is 4.79 Å². The van der Waals surface area contributed by atoms with Crippen molar-refractivity contribution in [1.82, 2.24) is 9.88 Å². The molecule has 1 aromatic heterocycles. The molecule has 148 valence electrons. The van der Waals surface area contributed by atoms with E-state index in [-0.39, 0.29) is 42.4 Å². The fourth-order valence-electron chi connectivity index (χ4n) is 4.10. The quantitative estimate of drug-likeness (QED) is 0.824. The van der Waals surface area contributed by atoms with Crippen LogP contribution in [0, 0.1) is 5.82 Å². The molecule has 28 heavy (non-hydrogen) atoms. The third-order valence-electron chi connectivity index (χ3n) is 5.27. The molecule has 1 amide bonds. The first-order valence-electron chi connectivity index (χ1n) is 9.27. The van der Waals surface area contributed by atoms with E-state index < -0.39 is 0 Å². The van der Waals surface area contributed by atoms with Crippen molar-refractivity contribution in [2.75, 3.05) is 12.3 Å². The van der Waals surface area contributed by atoms with Crippen LogP contribution >= 0.6 is 11.6 Å². The largest absolute Gasteiger partial charge is 0.490 e. The second-order valence-electron chi connectivity index (χ2n) is 7.19. The maximum atomic E-state index is 13.0. The summed E-state index contributed by atoms with van der Waals surface area (Å²) in [5.41, 5.74) is 6.12. The van der Waals surface area contributed by atoms with Gasteiger partial charge in [0.15, 0.2) is 6.61 Å². The lowest BCUT2D eigenvalue weighted by molar-refractivity contribution is -0.139. The molecule has 2 aliphatic heterocycles. The van der Waals surface area contributed by atoms with E-state index >= 15 is 0 Å².